The van der Waals surface area contributed by atoms with Crippen molar-refractivity contribution in [2.45, 2.75) is 26.2 Å². The lowest BCUT2D eigenvalue weighted by atomic mass is 10.1. The predicted octanol–water partition coefficient (Wildman–Crippen LogP) is 6.42. The van der Waals surface area contributed by atoms with Crippen LogP contribution >= 0.6 is 7.26 Å². The molecule has 0 aliphatic rings. The molecule has 0 fully saturated rings. The van der Waals surface area contributed by atoms with Crippen molar-refractivity contribution in [3.8, 4) is 23.0 Å². The lowest BCUT2D eigenvalue weighted by Crippen LogP contribution is -2.03. The van der Waals surface area contributed by atoms with Gasteiger partial charge in [-0.3, -0.25) is 9.59 Å². The second-order valence-electron chi connectivity index (χ2n) is 9.66. The van der Waals surface area contributed by atoms with Crippen LogP contribution in [0.1, 0.15) is 37.3 Å². The van der Waals surface area contributed by atoms with E-state index >= 15 is 0 Å². The minimum absolute atomic E-state index is 0.212. The van der Waals surface area contributed by atoms with E-state index in [1.807, 2.05) is 37.3 Å². The number of carbonyl (C=O) groups excluding carboxylic acids is 2. The monoisotopic (exact) mass is 527 g/mol. The van der Waals surface area contributed by atoms with Gasteiger partial charge in [-0.2, -0.15) is 0 Å². The molecule has 0 saturated carbocycles. The molecule has 37 heavy (non-hydrogen) atoms. The Morgan fingerprint density at radius 3 is 1.68 bits per heavy atom. The Kier molecular flexibility index (Phi) is 12.4. The Bertz CT molecular complexity index is 1100. The van der Waals surface area contributed by atoms with E-state index in [-0.39, 0.29) is 18.0 Å². The summed E-state index contributed by atoms with van der Waals surface area (Å²) in [4.78, 5) is 24.6. The molecule has 0 bridgehead atoms. The van der Waals surface area contributed by atoms with Crippen molar-refractivity contribution in [3.05, 3.63) is 59.7 Å². The van der Waals surface area contributed by atoms with Gasteiger partial charge in [0.05, 0.1) is 40.0 Å². The SMILES string of the molecule is CCCOc1ccc(/C=C/C(=O)CC(=O)/C=C/c2ccc(OCCC[P+](C)(C)C)c(OC)c2)cc1OC. The third kappa shape index (κ3) is 11.2. The summed E-state index contributed by atoms with van der Waals surface area (Å²) < 4.78 is 22.4. The number of carbonyl (C=O) groups is 2. The van der Waals surface area contributed by atoms with Crippen LogP contribution in [0.3, 0.4) is 0 Å². The van der Waals surface area contributed by atoms with E-state index in [0.717, 1.165) is 24.0 Å². The quantitative estimate of drug-likeness (QED) is 0.109. The van der Waals surface area contributed by atoms with Crippen LogP contribution in [0.25, 0.3) is 12.2 Å². The summed E-state index contributed by atoms with van der Waals surface area (Å²) in [7, 11) is 2.35. The van der Waals surface area contributed by atoms with Crippen molar-refractivity contribution in [3.63, 3.8) is 0 Å². The number of ketones is 2. The van der Waals surface area contributed by atoms with Crippen molar-refractivity contribution in [1.82, 2.24) is 0 Å². The van der Waals surface area contributed by atoms with E-state index in [2.05, 4.69) is 20.0 Å². The summed E-state index contributed by atoms with van der Waals surface area (Å²) in [5.41, 5.74) is 1.57. The molecule has 0 aromatic heterocycles. The molecule has 0 spiro atoms. The summed E-state index contributed by atoms with van der Waals surface area (Å²) in [5.74, 6) is 1.99. The van der Waals surface area contributed by atoms with Gasteiger partial charge in [0.25, 0.3) is 0 Å². The van der Waals surface area contributed by atoms with Gasteiger partial charge in [-0.25, -0.2) is 0 Å². The van der Waals surface area contributed by atoms with Gasteiger partial charge in [0, 0.05) is 33.7 Å². The zero-order chi connectivity index (χ0) is 27.3. The van der Waals surface area contributed by atoms with Crippen molar-refractivity contribution >= 4 is 31.0 Å². The second kappa shape index (κ2) is 15.2. The summed E-state index contributed by atoms with van der Waals surface area (Å²) in [6.45, 7) is 10.2. The van der Waals surface area contributed by atoms with Crippen LogP contribution in [-0.2, 0) is 9.59 Å². The molecule has 2 rings (SSSR count). The zero-order valence-corrected chi connectivity index (χ0v) is 23.8. The molecule has 0 atom stereocenters. The number of allylic oxidation sites excluding steroid dienone is 2. The maximum atomic E-state index is 12.3. The molecule has 2 aromatic rings. The molecule has 2 aromatic carbocycles. The first-order valence-electron chi connectivity index (χ1n) is 12.5. The Morgan fingerprint density at radius 2 is 1.24 bits per heavy atom. The predicted molar refractivity (Wildman–Crippen MR) is 154 cm³/mol. The van der Waals surface area contributed by atoms with Crippen LogP contribution in [0.2, 0.25) is 0 Å². The first-order chi connectivity index (χ1) is 17.6. The van der Waals surface area contributed by atoms with Crippen LogP contribution in [0.15, 0.2) is 48.6 Å². The van der Waals surface area contributed by atoms with Gasteiger partial charge in [-0.1, -0.05) is 31.2 Å². The number of hydrogen-bond donors (Lipinski definition) is 0. The average Bonchev–Trinajstić information content (AvgIpc) is 2.87. The summed E-state index contributed by atoms with van der Waals surface area (Å²) in [6, 6.07) is 11.0. The molecule has 0 N–H and O–H groups in total. The van der Waals surface area contributed by atoms with Gasteiger partial charge >= 0.3 is 0 Å². The van der Waals surface area contributed by atoms with E-state index in [9.17, 15) is 9.59 Å². The van der Waals surface area contributed by atoms with Crippen molar-refractivity contribution in [2.75, 3.05) is 53.6 Å². The summed E-state index contributed by atoms with van der Waals surface area (Å²) in [5, 5.41) is 0. The van der Waals surface area contributed by atoms with Crippen molar-refractivity contribution in [1.29, 1.82) is 0 Å². The van der Waals surface area contributed by atoms with Crippen LogP contribution < -0.4 is 18.9 Å². The fraction of sp³-hybridized carbons (Fsp3) is 0.400. The third-order valence-electron chi connectivity index (χ3n) is 5.34. The van der Waals surface area contributed by atoms with E-state index in [0.29, 0.717) is 36.2 Å². The minimum atomic E-state index is -0.812. The van der Waals surface area contributed by atoms with Crippen LogP contribution in [0.4, 0.5) is 0 Å². The Labute approximate surface area is 222 Å². The fourth-order valence-electron chi connectivity index (χ4n) is 3.42. The number of benzene rings is 2. The normalized spacial score (nSPS) is 11.6. The number of hydrogen-bond acceptors (Lipinski definition) is 6. The van der Waals surface area contributed by atoms with Crippen LogP contribution in [0, 0.1) is 0 Å². The smallest absolute Gasteiger partial charge is 0.163 e. The molecule has 200 valence electrons. The molecular formula is C30H40O6P+. The van der Waals surface area contributed by atoms with Crippen molar-refractivity contribution in [2.24, 2.45) is 0 Å². The maximum Gasteiger partial charge on any atom is 0.163 e. The third-order valence-corrected chi connectivity index (χ3v) is 7.00. The highest BCUT2D eigenvalue weighted by Gasteiger charge is 2.16. The molecule has 6 nitrogen and oxygen atoms in total. The minimum Gasteiger partial charge on any atom is -0.493 e. The maximum absolute atomic E-state index is 12.3. The van der Waals surface area contributed by atoms with Gasteiger partial charge in [0.15, 0.2) is 34.6 Å². The van der Waals surface area contributed by atoms with Crippen LogP contribution in [0.5, 0.6) is 23.0 Å². The van der Waals surface area contributed by atoms with Gasteiger partial charge in [-0.15, -0.1) is 0 Å². The lowest BCUT2D eigenvalue weighted by molar-refractivity contribution is -0.121. The van der Waals surface area contributed by atoms with E-state index in [1.165, 1.54) is 18.3 Å². The van der Waals surface area contributed by atoms with Gasteiger partial charge < -0.3 is 18.9 Å². The standard InChI is InChI=1S/C30H40O6P/c1-7-17-35-27-15-11-23(20-29(27)33-2)9-13-25(31)22-26(32)14-10-24-12-16-28(30(21-24)34-3)36-18-8-19-37(4,5)6/h9-16,20-21H,7-8,17-19,22H2,1-6H3/q+1/b13-9+,14-10+. The molecule has 0 radical (unpaired) electrons. The molecular weight excluding hydrogens is 487 g/mol. The highest BCUT2D eigenvalue weighted by atomic mass is 31.2. The molecule has 7 heteroatoms. The number of ether oxygens (including phenoxy) is 4. The van der Waals surface area contributed by atoms with Gasteiger partial charge in [0.2, 0.25) is 0 Å². The molecule has 0 saturated heterocycles. The van der Waals surface area contributed by atoms with Gasteiger partial charge in [-0.05, 0) is 54.0 Å². The zero-order valence-electron chi connectivity index (χ0n) is 22.9. The number of methoxy groups -OCH3 is 2. The summed E-state index contributed by atoms with van der Waals surface area (Å²) >= 11 is 0. The first kappa shape index (κ1) is 30.1. The topological polar surface area (TPSA) is 71.1 Å². The first-order valence-corrected chi connectivity index (χ1v) is 15.8. The van der Waals surface area contributed by atoms with Crippen LogP contribution in [-0.4, -0.2) is 65.2 Å². The largest absolute Gasteiger partial charge is 0.493 e. The molecule has 0 amide bonds. The fourth-order valence-corrected chi connectivity index (χ4v) is 4.49. The highest BCUT2D eigenvalue weighted by Crippen LogP contribution is 2.46. The van der Waals surface area contributed by atoms with Gasteiger partial charge in [0.1, 0.15) is 0 Å². The summed E-state index contributed by atoms with van der Waals surface area (Å²) in [6.07, 6.45) is 9.03. The van der Waals surface area contributed by atoms with E-state index in [1.54, 1.807) is 32.4 Å². The molecule has 0 aliphatic carbocycles. The van der Waals surface area contributed by atoms with E-state index < -0.39 is 7.26 Å². The lowest BCUT2D eigenvalue weighted by Gasteiger charge is -2.14. The highest BCUT2D eigenvalue weighted by molar-refractivity contribution is 7.73. The Hall–Kier alpha value is -3.11. The average molecular weight is 528 g/mol. The van der Waals surface area contributed by atoms with Crippen molar-refractivity contribution < 1.29 is 28.5 Å². The molecule has 0 aliphatic heterocycles. The molecule has 0 heterocycles. The van der Waals surface area contributed by atoms with E-state index in [4.69, 9.17) is 18.9 Å². The number of rotatable bonds is 16. The molecule has 0 unspecified atom stereocenters. The Morgan fingerprint density at radius 1 is 0.757 bits per heavy atom. The Balaban J connectivity index is 1.91. The second-order valence-corrected chi connectivity index (χ2v) is 14.7.